The van der Waals surface area contributed by atoms with Crippen molar-refractivity contribution in [3.8, 4) is 0 Å². The first-order valence-electron chi connectivity index (χ1n) is 10.5. The van der Waals surface area contributed by atoms with Crippen LogP contribution in [0.5, 0.6) is 0 Å². The van der Waals surface area contributed by atoms with Gasteiger partial charge in [-0.15, -0.1) is 0 Å². The predicted molar refractivity (Wildman–Crippen MR) is 115 cm³/mol. The van der Waals surface area contributed by atoms with Gasteiger partial charge < -0.3 is 5.32 Å². The molecule has 2 heterocycles. The number of hydrogen-bond donors (Lipinski definition) is 1. The molecule has 142 valence electrons. The molecule has 0 saturated carbocycles. The first-order valence-corrected chi connectivity index (χ1v) is 10.5. The molecule has 0 aromatic heterocycles. The molecular formula is C26H28N2. The summed E-state index contributed by atoms with van der Waals surface area (Å²) >= 11 is 0. The van der Waals surface area contributed by atoms with E-state index in [1.807, 2.05) is 0 Å². The fourth-order valence-corrected chi connectivity index (χ4v) is 5.41. The summed E-state index contributed by atoms with van der Waals surface area (Å²) in [6, 6.07) is 33.8. The first-order chi connectivity index (χ1) is 13.9. The molecule has 1 N–H and O–H groups in total. The van der Waals surface area contributed by atoms with Crippen LogP contribution >= 0.6 is 0 Å². The van der Waals surface area contributed by atoms with Crippen LogP contribution in [0.2, 0.25) is 0 Å². The summed E-state index contributed by atoms with van der Waals surface area (Å²) in [5.41, 5.74) is 3.80. The Bertz CT molecular complexity index is 781. The fraction of sp³-hybridized carbons (Fsp3) is 0.308. The molecular weight excluding hydrogens is 340 g/mol. The SMILES string of the molecule is c1ccc(C(c2ccccc2)(c2ccccc2)N2C[C@@H]3CCCN[C@@H]3C2)cc1. The molecule has 2 fully saturated rings. The van der Waals surface area contributed by atoms with Crippen molar-refractivity contribution < 1.29 is 0 Å². The normalized spacial score (nSPS) is 22.7. The van der Waals surface area contributed by atoms with Gasteiger partial charge in [-0.1, -0.05) is 91.0 Å². The number of nitrogens with zero attached hydrogens (tertiary/aromatic N) is 1. The molecule has 2 atom stereocenters. The van der Waals surface area contributed by atoms with Gasteiger partial charge in [0.05, 0.1) is 5.54 Å². The second-order valence-electron chi connectivity index (χ2n) is 8.18. The highest BCUT2D eigenvalue weighted by molar-refractivity contribution is 5.50. The van der Waals surface area contributed by atoms with Crippen LogP contribution in [0.1, 0.15) is 29.5 Å². The van der Waals surface area contributed by atoms with Crippen LogP contribution in [0.25, 0.3) is 0 Å². The fourth-order valence-electron chi connectivity index (χ4n) is 5.41. The van der Waals surface area contributed by atoms with Gasteiger partial charge in [-0.3, -0.25) is 4.90 Å². The molecule has 2 saturated heterocycles. The van der Waals surface area contributed by atoms with Crippen LogP contribution in [0.15, 0.2) is 91.0 Å². The van der Waals surface area contributed by atoms with Crippen molar-refractivity contribution in [3.05, 3.63) is 108 Å². The summed E-state index contributed by atoms with van der Waals surface area (Å²) in [5, 5.41) is 3.80. The average Bonchev–Trinajstić information content (AvgIpc) is 3.21. The number of fused-ring (bicyclic) bond motifs is 1. The van der Waals surface area contributed by atoms with E-state index in [2.05, 4.69) is 101 Å². The quantitative estimate of drug-likeness (QED) is 0.674. The molecule has 28 heavy (non-hydrogen) atoms. The van der Waals surface area contributed by atoms with E-state index in [4.69, 9.17) is 0 Å². The Labute approximate surface area is 168 Å². The highest BCUT2D eigenvalue weighted by Gasteiger charge is 2.48. The minimum Gasteiger partial charge on any atom is -0.312 e. The maximum atomic E-state index is 3.80. The van der Waals surface area contributed by atoms with Crippen molar-refractivity contribution in [1.82, 2.24) is 10.2 Å². The van der Waals surface area contributed by atoms with Crippen molar-refractivity contribution in [2.75, 3.05) is 19.6 Å². The van der Waals surface area contributed by atoms with E-state index in [0.29, 0.717) is 6.04 Å². The summed E-state index contributed by atoms with van der Waals surface area (Å²) < 4.78 is 0. The highest BCUT2D eigenvalue weighted by atomic mass is 15.3. The zero-order valence-corrected chi connectivity index (χ0v) is 16.3. The summed E-state index contributed by atoms with van der Waals surface area (Å²) in [4.78, 5) is 2.74. The first kappa shape index (κ1) is 17.7. The van der Waals surface area contributed by atoms with Gasteiger partial charge in [0.25, 0.3) is 0 Å². The van der Waals surface area contributed by atoms with Gasteiger partial charge in [0.1, 0.15) is 0 Å². The van der Waals surface area contributed by atoms with Crippen LogP contribution in [0.4, 0.5) is 0 Å². The monoisotopic (exact) mass is 368 g/mol. The second kappa shape index (κ2) is 7.54. The number of rotatable bonds is 4. The molecule has 3 aromatic carbocycles. The molecule has 0 spiro atoms. The lowest BCUT2D eigenvalue weighted by molar-refractivity contribution is 0.189. The van der Waals surface area contributed by atoms with Gasteiger partial charge in [0.2, 0.25) is 0 Å². The zero-order valence-electron chi connectivity index (χ0n) is 16.3. The van der Waals surface area contributed by atoms with Crippen LogP contribution < -0.4 is 5.32 Å². The smallest absolute Gasteiger partial charge is 0.0973 e. The van der Waals surface area contributed by atoms with Gasteiger partial charge in [0, 0.05) is 19.1 Å². The van der Waals surface area contributed by atoms with E-state index in [-0.39, 0.29) is 5.54 Å². The van der Waals surface area contributed by atoms with E-state index >= 15 is 0 Å². The topological polar surface area (TPSA) is 15.3 Å². The Kier molecular flexibility index (Phi) is 4.76. The third-order valence-corrected chi connectivity index (χ3v) is 6.65. The largest absolute Gasteiger partial charge is 0.312 e. The van der Waals surface area contributed by atoms with Gasteiger partial charge in [-0.2, -0.15) is 0 Å². The van der Waals surface area contributed by atoms with Crippen LogP contribution in [-0.4, -0.2) is 30.6 Å². The Balaban J connectivity index is 1.73. The summed E-state index contributed by atoms with van der Waals surface area (Å²) in [7, 11) is 0. The summed E-state index contributed by atoms with van der Waals surface area (Å²) in [5.74, 6) is 0.740. The number of nitrogens with one attached hydrogen (secondary N) is 1. The lowest BCUT2D eigenvalue weighted by atomic mass is 9.75. The molecule has 2 heteroatoms. The number of hydrogen-bond acceptors (Lipinski definition) is 2. The Morgan fingerprint density at radius 1 is 0.679 bits per heavy atom. The molecule has 0 unspecified atom stereocenters. The minimum atomic E-state index is -0.261. The lowest BCUT2D eigenvalue weighted by Crippen LogP contribution is -2.48. The lowest BCUT2D eigenvalue weighted by Gasteiger charge is -2.44. The van der Waals surface area contributed by atoms with E-state index in [1.165, 1.54) is 29.5 Å². The maximum absolute atomic E-state index is 3.80. The van der Waals surface area contributed by atoms with Crippen molar-refractivity contribution in [2.45, 2.75) is 24.4 Å². The number of likely N-dealkylation sites (tertiary alicyclic amines) is 1. The van der Waals surface area contributed by atoms with Crippen molar-refractivity contribution in [1.29, 1.82) is 0 Å². The molecule has 0 aliphatic carbocycles. The molecule has 2 aliphatic rings. The van der Waals surface area contributed by atoms with Gasteiger partial charge >= 0.3 is 0 Å². The average molecular weight is 369 g/mol. The molecule has 2 nitrogen and oxygen atoms in total. The van der Waals surface area contributed by atoms with E-state index in [1.54, 1.807) is 0 Å². The Morgan fingerprint density at radius 3 is 1.64 bits per heavy atom. The van der Waals surface area contributed by atoms with Crippen molar-refractivity contribution >= 4 is 0 Å². The van der Waals surface area contributed by atoms with Crippen molar-refractivity contribution in [2.24, 2.45) is 5.92 Å². The molecule has 2 aliphatic heterocycles. The highest BCUT2D eigenvalue weighted by Crippen LogP contribution is 2.45. The Hall–Kier alpha value is -2.42. The Morgan fingerprint density at radius 2 is 1.18 bits per heavy atom. The van der Waals surface area contributed by atoms with E-state index in [0.717, 1.165) is 25.6 Å². The van der Waals surface area contributed by atoms with Crippen LogP contribution in [0.3, 0.4) is 0 Å². The molecule has 3 aromatic rings. The van der Waals surface area contributed by atoms with Crippen molar-refractivity contribution in [3.63, 3.8) is 0 Å². The van der Waals surface area contributed by atoms with Gasteiger partial charge in [-0.05, 0) is 42.0 Å². The standard InChI is InChI=1S/C26H28N2/c1-4-12-22(13-5-1)26(23-14-6-2-7-15-23,24-16-8-3-9-17-24)28-19-21-11-10-18-27-25(21)20-28/h1-9,12-17,21,25,27H,10-11,18-20H2/t21-,25+/m0/s1. The zero-order chi connectivity index (χ0) is 18.8. The maximum Gasteiger partial charge on any atom is 0.0973 e. The molecule has 0 bridgehead atoms. The summed E-state index contributed by atoms with van der Waals surface area (Å²) in [6.07, 6.45) is 2.63. The van der Waals surface area contributed by atoms with E-state index < -0.39 is 0 Å². The van der Waals surface area contributed by atoms with Crippen LogP contribution in [-0.2, 0) is 5.54 Å². The molecule has 0 radical (unpaired) electrons. The van der Waals surface area contributed by atoms with E-state index in [9.17, 15) is 0 Å². The minimum absolute atomic E-state index is 0.261. The van der Waals surface area contributed by atoms with Gasteiger partial charge in [0.15, 0.2) is 0 Å². The third-order valence-electron chi connectivity index (χ3n) is 6.65. The third kappa shape index (κ3) is 2.88. The molecule has 5 rings (SSSR count). The summed E-state index contributed by atoms with van der Waals surface area (Å²) in [6.45, 7) is 3.38. The second-order valence-corrected chi connectivity index (χ2v) is 8.18. The predicted octanol–water partition coefficient (Wildman–Crippen LogP) is 4.66. The number of benzene rings is 3. The van der Waals surface area contributed by atoms with Gasteiger partial charge in [-0.25, -0.2) is 0 Å². The number of piperidine rings is 1. The van der Waals surface area contributed by atoms with Crippen LogP contribution in [0, 0.1) is 5.92 Å². The molecule has 0 amide bonds.